The highest BCUT2D eigenvalue weighted by atomic mass is 16.4. The van der Waals surface area contributed by atoms with Crippen molar-refractivity contribution in [1.29, 1.82) is 0 Å². The zero-order valence-electron chi connectivity index (χ0n) is 15.0. The van der Waals surface area contributed by atoms with Gasteiger partial charge < -0.3 is 15.7 Å². The van der Waals surface area contributed by atoms with Crippen LogP contribution in [-0.4, -0.2) is 32.9 Å². The first-order valence-corrected chi connectivity index (χ1v) is 8.85. The Labute approximate surface area is 152 Å². The molecule has 1 aromatic heterocycles. The van der Waals surface area contributed by atoms with Gasteiger partial charge in [-0.1, -0.05) is 6.07 Å². The van der Waals surface area contributed by atoms with Crippen molar-refractivity contribution in [3.8, 4) is 5.69 Å². The van der Waals surface area contributed by atoms with E-state index < -0.39 is 5.97 Å². The second kappa shape index (κ2) is 7.59. The zero-order valence-corrected chi connectivity index (χ0v) is 15.0. The number of hydrogen-bond donors (Lipinski definition) is 3. The maximum absolute atomic E-state index is 12.4. The van der Waals surface area contributed by atoms with Crippen molar-refractivity contribution >= 4 is 17.7 Å². The summed E-state index contributed by atoms with van der Waals surface area (Å²) in [5.41, 5.74) is 3.56. The molecule has 2 aromatic rings. The minimum absolute atomic E-state index is 0.00538. The van der Waals surface area contributed by atoms with E-state index in [0.29, 0.717) is 31.4 Å². The fourth-order valence-corrected chi connectivity index (χ4v) is 3.32. The number of hydrogen-bond acceptors (Lipinski definition) is 3. The molecule has 7 nitrogen and oxygen atoms in total. The van der Waals surface area contributed by atoms with Crippen LogP contribution in [0.25, 0.3) is 5.69 Å². The topological polar surface area (TPSA) is 96.3 Å². The van der Waals surface area contributed by atoms with Gasteiger partial charge in [-0.25, -0.2) is 9.48 Å². The first-order chi connectivity index (χ1) is 12.4. The van der Waals surface area contributed by atoms with Crippen molar-refractivity contribution in [2.45, 2.75) is 45.6 Å². The Morgan fingerprint density at radius 3 is 2.50 bits per heavy atom. The van der Waals surface area contributed by atoms with Crippen molar-refractivity contribution in [1.82, 2.24) is 15.1 Å². The van der Waals surface area contributed by atoms with Crippen LogP contribution in [0, 0.1) is 19.8 Å². The Bertz CT molecular complexity index is 807. The van der Waals surface area contributed by atoms with E-state index in [9.17, 15) is 9.59 Å². The van der Waals surface area contributed by atoms with Gasteiger partial charge in [0.15, 0.2) is 0 Å². The summed E-state index contributed by atoms with van der Waals surface area (Å²) in [5, 5.41) is 19.2. The number of rotatable bonds is 4. The molecule has 0 unspecified atom stereocenters. The highest BCUT2D eigenvalue weighted by Crippen LogP contribution is 2.25. The van der Waals surface area contributed by atoms with Crippen LogP contribution in [0.4, 0.5) is 10.5 Å². The molecule has 1 heterocycles. The Hall–Kier alpha value is -2.83. The number of nitrogens with one attached hydrogen (secondary N) is 2. The lowest BCUT2D eigenvalue weighted by atomic mass is 9.86. The Kier molecular flexibility index (Phi) is 5.25. The lowest BCUT2D eigenvalue weighted by Crippen LogP contribution is -2.41. The maximum atomic E-state index is 12.4. The lowest BCUT2D eigenvalue weighted by molar-refractivity contribution is -0.142. The summed E-state index contributed by atoms with van der Waals surface area (Å²) in [6, 6.07) is 5.54. The SMILES string of the molecule is Cc1ccc(-n2cc(C)cn2)c(NC(=O)NC2CCC(C(=O)O)CC2)c1. The highest BCUT2D eigenvalue weighted by Gasteiger charge is 2.26. The third-order valence-electron chi connectivity index (χ3n) is 4.77. The van der Waals surface area contributed by atoms with Gasteiger partial charge in [0.25, 0.3) is 0 Å². The maximum Gasteiger partial charge on any atom is 0.319 e. The van der Waals surface area contributed by atoms with Crippen LogP contribution in [0.5, 0.6) is 0 Å². The lowest BCUT2D eigenvalue weighted by Gasteiger charge is -2.27. The van der Waals surface area contributed by atoms with Gasteiger partial charge in [0, 0.05) is 12.2 Å². The summed E-state index contributed by atoms with van der Waals surface area (Å²) in [7, 11) is 0. The third-order valence-corrected chi connectivity index (χ3v) is 4.77. The first-order valence-electron chi connectivity index (χ1n) is 8.85. The van der Waals surface area contributed by atoms with E-state index in [0.717, 1.165) is 16.8 Å². The molecule has 26 heavy (non-hydrogen) atoms. The number of aromatic nitrogens is 2. The molecule has 0 bridgehead atoms. The average molecular weight is 356 g/mol. The van der Waals surface area contributed by atoms with Crippen molar-refractivity contribution in [2.75, 3.05) is 5.32 Å². The minimum Gasteiger partial charge on any atom is -0.481 e. The smallest absolute Gasteiger partial charge is 0.319 e. The van der Waals surface area contributed by atoms with Gasteiger partial charge in [0.05, 0.1) is 23.5 Å². The molecule has 138 valence electrons. The summed E-state index contributed by atoms with van der Waals surface area (Å²) < 4.78 is 1.74. The molecular weight excluding hydrogens is 332 g/mol. The molecule has 0 spiro atoms. The molecule has 7 heteroatoms. The van der Waals surface area contributed by atoms with Crippen LogP contribution in [0.15, 0.2) is 30.6 Å². The van der Waals surface area contributed by atoms with Crippen molar-refractivity contribution in [2.24, 2.45) is 5.92 Å². The molecule has 3 rings (SSSR count). The second-order valence-electron chi connectivity index (χ2n) is 6.97. The summed E-state index contributed by atoms with van der Waals surface area (Å²) in [6.07, 6.45) is 6.24. The van der Waals surface area contributed by atoms with E-state index in [4.69, 9.17) is 5.11 Å². The number of aryl methyl sites for hydroxylation is 2. The largest absolute Gasteiger partial charge is 0.481 e. The van der Waals surface area contributed by atoms with Gasteiger partial charge in [0.2, 0.25) is 0 Å². The molecule has 1 fully saturated rings. The quantitative estimate of drug-likeness (QED) is 0.783. The molecular formula is C19H24N4O3. The summed E-state index contributed by atoms with van der Waals surface area (Å²) in [5.74, 6) is -1.03. The van der Waals surface area contributed by atoms with Gasteiger partial charge in [-0.15, -0.1) is 0 Å². The van der Waals surface area contributed by atoms with Crippen LogP contribution >= 0.6 is 0 Å². The molecule has 1 aromatic carbocycles. The normalized spacial score (nSPS) is 19.8. The fraction of sp³-hybridized carbons (Fsp3) is 0.421. The minimum atomic E-state index is -0.744. The van der Waals surface area contributed by atoms with Crippen LogP contribution < -0.4 is 10.6 Å². The van der Waals surface area contributed by atoms with Gasteiger partial charge in [-0.3, -0.25) is 4.79 Å². The van der Waals surface area contributed by atoms with Gasteiger partial charge >= 0.3 is 12.0 Å². The van der Waals surface area contributed by atoms with Crippen LogP contribution in [0.2, 0.25) is 0 Å². The number of aliphatic carboxylic acids is 1. The van der Waals surface area contributed by atoms with Gasteiger partial charge in [-0.05, 0) is 62.8 Å². The van der Waals surface area contributed by atoms with Crippen LogP contribution in [0.3, 0.4) is 0 Å². The Morgan fingerprint density at radius 1 is 1.15 bits per heavy atom. The van der Waals surface area contributed by atoms with Crippen molar-refractivity contribution in [3.63, 3.8) is 0 Å². The van der Waals surface area contributed by atoms with Gasteiger partial charge in [-0.2, -0.15) is 5.10 Å². The number of amides is 2. The van der Waals surface area contributed by atoms with E-state index in [1.54, 1.807) is 10.9 Å². The number of anilines is 1. The molecule has 1 aliphatic carbocycles. The van der Waals surface area contributed by atoms with E-state index in [-0.39, 0.29) is 18.0 Å². The zero-order chi connectivity index (χ0) is 18.7. The molecule has 2 amide bonds. The monoisotopic (exact) mass is 356 g/mol. The highest BCUT2D eigenvalue weighted by molar-refractivity contribution is 5.91. The molecule has 0 saturated heterocycles. The molecule has 0 radical (unpaired) electrons. The standard InChI is InChI=1S/C19H24N4O3/c1-12-3-8-17(23-11-13(2)10-20-23)16(9-12)22-19(26)21-15-6-4-14(5-7-15)18(24)25/h3,8-11,14-15H,4-7H2,1-2H3,(H,24,25)(H2,21,22,26). The molecule has 0 atom stereocenters. The molecule has 3 N–H and O–H groups in total. The Balaban J connectivity index is 1.66. The number of urea groups is 1. The van der Waals surface area contributed by atoms with Crippen LogP contribution in [0.1, 0.15) is 36.8 Å². The molecule has 1 saturated carbocycles. The van der Waals surface area contributed by atoms with E-state index in [1.165, 1.54) is 0 Å². The third kappa shape index (κ3) is 4.22. The number of nitrogens with zero attached hydrogens (tertiary/aromatic N) is 2. The van der Waals surface area contributed by atoms with Crippen molar-refractivity contribution in [3.05, 3.63) is 41.7 Å². The number of carbonyl (C=O) groups excluding carboxylic acids is 1. The second-order valence-corrected chi connectivity index (χ2v) is 6.97. The van der Waals surface area contributed by atoms with Crippen molar-refractivity contribution < 1.29 is 14.7 Å². The summed E-state index contributed by atoms with van der Waals surface area (Å²) in [4.78, 5) is 23.5. The van der Waals surface area contributed by atoms with E-state index in [1.807, 2.05) is 38.2 Å². The molecule has 0 aliphatic heterocycles. The van der Waals surface area contributed by atoms with E-state index in [2.05, 4.69) is 15.7 Å². The Morgan fingerprint density at radius 2 is 1.88 bits per heavy atom. The van der Waals surface area contributed by atoms with Gasteiger partial charge in [0.1, 0.15) is 0 Å². The number of carboxylic acids is 1. The predicted octanol–water partition coefficient (Wildman–Crippen LogP) is 3.25. The fourth-order valence-electron chi connectivity index (χ4n) is 3.32. The first kappa shape index (κ1) is 18.0. The van der Waals surface area contributed by atoms with E-state index >= 15 is 0 Å². The number of carboxylic acid groups (broad SMARTS) is 1. The number of carbonyl (C=O) groups is 2. The summed E-state index contributed by atoms with van der Waals surface area (Å²) in [6.45, 7) is 3.93. The average Bonchev–Trinajstić information content (AvgIpc) is 3.01. The number of benzene rings is 1. The van der Waals surface area contributed by atoms with Crippen LogP contribution in [-0.2, 0) is 4.79 Å². The predicted molar refractivity (Wildman–Crippen MR) is 98.6 cm³/mol. The molecule has 1 aliphatic rings. The summed E-state index contributed by atoms with van der Waals surface area (Å²) >= 11 is 0.